The van der Waals surface area contributed by atoms with Crippen molar-refractivity contribution in [3.05, 3.63) is 35.1 Å². The van der Waals surface area contributed by atoms with Crippen molar-refractivity contribution in [3.63, 3.8) is 0 Å². The summed E-state index contributed by atoms with van der Waals surface area (Å²) in [6, 6.07) is 5.36. The van der Waals surface area contributed by atoms with E-state index in [1.807, 2.05) is 23.9 Å². The Hall–Kier alpha value is -0.540. The molecule has 17 heavy (non-hydrogen) atoms. The average molecular weight is 253 g/mol. The van der Waals surface area contributed by atoms with Crippen molar-refractivity contribution in [2.45, 2.75) is 38.0 Å². The van der Waals surface area contributed by atoms with Gasteiger partial charge >= 0.3 is 0 Å². The van der Waals surface area contributed by atoms with Crippen LogP contribution in [0.2, 0.25) is 0 Å². The van der Waals surface area contributed by atoms with E-state index in [0.717, 1.165) is 22.8 Å². The zero-order valence-corrected chi connectivity index (χ0v) is 10.9. The molecule has 1 aromatic rings. The summed E-state index contributed by atoms with van der Waals surface area (Å²) in [5.74, 6) is 2.73. The molecule has 0 bridgehead atoms. The number of halogens is 1. The van der Waals surface area contributed by atoms with Crippen LogP contribution < -0.4 is 5.73 Å². The summed E-state index contributed by atoms with van der Waals surface area (Å²) in [4.78, 5) is 0. The van der Waals surface area contributed by atoms with Crippen LogP contribution in [0.5, 0.6) is 0 Å². The van der Waals surface area contributed by atoms with E-state index in [-0.39, 0.29) is 5.82 Å². The van der Waals surface area contributed by atoms with Crippen molar-refractivity contribution < 1.29 is 4.39 Å². The standard InChI is InChI=1S/C14H20FNS/c15-14-7-12(8-16)5-6-13(14)10-17-9-11-3-1-2-4-11/h5-7,11H,1-4,8-10,16H2. The molecule has 1 fully saturated rings. The van der Waals surface area contributed by atoms with Crippen molar-refractivity contribution >= 4 is 11.8 Å². The van der Waals surface area contributed by atoms with Gasteiger partial charge < -0.3 is 5.73 Å². The van der Waals surface area contributed by atoms with E-state index in [4.69, 9.17) is 5.73 Å². The molecule has 0 spiro atoms. The lowest BCUT2D eigenvalue weighted by atomic mass is 10.1. The number of nitrogens with two attached hydrogens (primary N) is 1. The highest BCUT2D eigenvalue weighted by Gasteiger charge is 2.14. The smallest absolute Gasteiger partial charge is 0.127 e. The SMILES string of the molecule is NCc1ccc(CSCC2CCCC2)c(F)c1. The Morgan fingerprint density at radius 2 is 2.06 bits per heavy atom. The lowest BCUT2D eigenvalue weighted by Gasteiger charge is -2.09. The van der Waals surface area contributed by atoms with E-state index in [1.165, 1.54) is 31.4 Å². The average Bonchev–Trinajstić information content (AvgIpc) is 2.84. The highest BCUT2D eigenvalue weighted by Crippen LogP contribution is 2.29. The van der Waals surface area contributed by atoms with Crippen LogP contribution in [0.1, 0.15) is 36.8 Å². The maximum atomic E-state index is 13.7. The maximum Gasteiger partial charge on any atom is 0.127 e. The van der Waals surface area contributed by atoms with Crippen LogP contribution in [0.15, 0.2) is 18.2 Å². The molecule has 0 unspecified atom stereocenters. The van der Waals surface area contributed by atoms with Gasteiger partial charge in [-0.2, -0.15) is 11.8 Å². The quantitative estimate of drug-likeness (QED) is 0.865. The molecule has 0 atom stereocenters. The highest BCUT2D eigenvalue weighted by atomic mass is 32.2. The van der Waals surface area contributed by atoms with Gasteiger partial charge in [0.1, 0.15) is 5.82 Å². The molecular weight excluding hydrogens is 233 g/mol. The van der Waals surface area contributed by atoms with Crippen molar-refractivity contribution in [2.24, 2.45) is 11.7 Å². The highest BCUT2D eigenvalue weighted by molar-refractivity contribution is 7.98. The Kier molecular flexibility index (Phi) is 4.86. The first-order valence-electron chi connectivity index (χ1n) is 6.34. The van der Waals surface area contributed by atoms with Gasteiger partial charge in [0.05, 0.1) is 0 Å². The molecule has 3 heteroatoms. The lowest BCUT2D eigenvalue weighted by Crippen LogP contribution is -2.00. The van der Waals surface area contributed by atoms with Gasteiger partial charge in [-0.25, -0.2) is 4.39 Å². The van der Waals surface area contributed by atoms with Crippen LogP contribution in [0, 0.1) is 11.7 Å². The normalized spacial score (nSPS) is 16.6. The predicted molar refractivity (Wildman–Crippen MR) is 72.4 cm³/mol. The number of benzene rings is 1. The van der Waals surface area contributed by atoms with E-state index in [2.05, 4.69) is 0 Å². The monoisotopic (exact) mass is 253 g/mol. The summed E-state index contributed by atoms with van der Waals surface area (Å²) in [7, 11) is 0. The zero-order valence-electron chi connectivity index (χ0n) is 10.1. The molecule has 0 saturated heterocycles. The van der Waals surface area contributed by atoms with Gasteiger partial charge in [-0.3, -0.25) is 0 Å². The molecule has 2 rings (SSSR count). The second kappa shape index (κ2) is 6.41. The first-order chi connectivity index (χ1) is 8.29. The van der Waals surface area contributed by atoms with Crippen molar-refractivity contribution in [1.29, 1.82) is 0 Å². The Morgan fingerprint density at radius 1 is 1.29 bits per heavy atom. The molecule has 1 aliphatic carbocycles. The van der Waals surface area contributed by atoms with Crippen molar-refractivity contribution in [2.75, 3.05) is 5.75 Å². The Labute approximate surface area is 107 Å². The third-order valence-corrected chi connectivity index (χ3v) is 4.66. The van der Waals surface area contributed by atoms with Gasteiger partial charge in [0.15, 0.2) is 0 Å². The summed E-state index contributed by atoms with van der Waals surface area (Å²) in [5.41, 5.74) is 7.16. The van der Waals surface area contributed by atoms with Crippen LogP contribution in [-0.4, -0.2) is 5.75 Å². The number of rotatable bonds is 5. The van der Waals surface area contributed by atoms with E-state index in [9.17, 15) is 4.39 Å². The topological polar surface area (TPSA) is 26.0 Å². The third kappa shape index (κ3) is 3.71. The molecule has 0 amide bonds. The van der Waals surface area contributed by atoms with E-state index in [0.29, 0.717) is 6.54 Å². The minimum absolute atomic E-state index is 0.105. The molecule has 1 saturated carbocycles. The molecule has 0 aromatic heterocycles. The summed E-state index contributed by atoms with van der Waals surface area (Å²) in [5, 5.41) is 0. The Bertz CT molecular complexity index is 361. The molecule has 2 N–H and O–H groups in total. The van der Waals surface area contributed by atoms with Gasteiger partial charge in [-0.15, -0.1) is 0 Å². The summed E-state index contributed by atoms with van der Waals surface area (Å²) in [6.07, 6.45) is 5.48. The molecular formula is C14H20FNS. The molecule has 1 aliphatic rings. The van der Waals surface area contributed by atoms with Crippen LogP contribution in [0.3, 0.4) is 0 Å². The number of thioether (sulfide) groups is 1. The van der Waals surface area contributed by atoms with Crippen LogP contribution in [0.25, 0.3) is 0 Å². The van der Waals surface area contributed by atoms with Crippen molar-refractivity contribution in [3.8, 4) is 0 Å². The second-order valence-corrected chi connectivity index (χ2v) is 5.83. The summed E-state index contributed by atoms with van der Waals surface area (Å²) in [6.45, 7) is 0.409. The number of hydrogen-bond donors (Lipinski definition) is 1. The molecule has 0 heterocycles. The Balaban J connectivity index is 1.81. The lowest BCUT2D eigenvalue weighted by molar-refractivity contribution is 0.612. The van der Waals surface area contributed by atoms with Gasteiger partial charge in [0, 0.05) is 12.3 Å². The van der Waals surface area contributed by atoms with Crippen molar-refractivity contribution in [1.82, 2.24) is 0 Å². The van der Waals surface area contributed by atoms with Crippen LogP contribution >= 0.6 is 11.8 Å². The molecule has 0 radical (unpaired) electrons. The third-order valence-electron chi connectivity index (χ3n) is 3.44. The van der Waals surface area contributed by atoms with Gasteiger partial charge in [-0.1, -0.05) is 25.0 Å². The molecule has 94 valence electrons. The maximum absolute atomic E-state index is 13.7. The zero-order chi connectivity index (χ0) is 12.1. The Morgan fingerprint density at radius 3 is 2.71 bits per heavy atom. The van der Waals surface area contributed by atoms with E-state index >= 15 is 0 Å². The summed E-state index contributed by atoms with van der Waals surface area (Å²) >= 11 is 1.86. The van der Waals surface area contributed by atoms with Gasteiger partial charge in [0.2, 0.25) is 0 Å². The fraction of sp³-hybridized carbons (Fsp3) is 0.571. The minimum atomic E-state index is -0.105. The first kappa shape index (κ1) is 12.9. The molecule has 0 aliphatic heterocycles. The fourth-order valence-electron chi connectivity index (χ4n) is 2.35. The van der Waals surface area contributed by atoms with E-state index in [1.54, 1.807) is 6.07 Å². The molecule has 1 aromatic carbocycles. The van der Waals surface area contributed by atoms with Crippen LogP contribution in [0.4, 0.5) is 4.39 Å². The van der Waals surface area contributed by atoms with Crippen LogP contribution in [-0.2, 0) is 12.3 Å². The summed E-state index contributed by atoms with van der Waals surface area (Å²) < 4.78 is 13.7. The fourth-order valence-corrected chi connectivity index (χ4v) is 3.59. The molecule has 1 nitrogen and oxygen atoms in total. The predicted octanol–water partition coefficient (Wildman–Crippen LogP) is 3.71. The van der Waals surface area contributed by atoms with Gasteiger partial charge in [0.25, 0.3) is 0 Å². The number of hydrogen-bond acceptors (Lipinski definition) is 2. The minimum Gasteiger partial charge on any atom is -0.326 e. The van der Waals surface area contributed by atoms with E-state index < -0.39 is 0 Å². The second-order valence-electron chi connectivity index (χ2n) is 4.80. The first-order valence-corrected chi connectivity index (χ1v) is 7.50. The largest absolute Gasteiger partial charge is 0.326 e. The van der Waals surface area contributed by atoms with Gasteiger partial charge in [-0.05, 0) is 41.7 Å².